The van der Waals surface area contributed by atoms with Gasteiger partial charge in [0.1, 0.15) is 0 Å². The molecule has 16 heavy (non-hydrogen) atoms. The number of allylic oxidation sites excluding steroid dienone is 1. The van der Waals surface area contributed by atoms with Crippen molar-refractivity contribution in [2.75, 3.05) is 20.3 Å². The van der Waals surface area contributed by atoms with Gasteiger partial charge in [-0.15, -0.1) is 0 Å². The summed E-state index contributed by atoms with van der Waals surface area (Å²) in [7, 11) is 1.62. The van der Waals surface area contributed by atoms with E-state index in [1.165, 1.54) is 0 Å². The van der Waals surface area contributed by atoms with Crippen LogP contribution in [0.4, 0.5) is 0 Å². The summed E-state index contributed by atoms with van der Waals surface area (Å²) in [6.45, 7) is 4.84. The molecular weight excluding hydrogens is 204 g/mol. The number of ether oxygens (including phenoxy) is 2. The van der Waals surface area contributed by atoms with Gasteiger partial charge in [0.15, 0.2) is 0 Å². The Balaban J connectivity index is 4.36. The van der Waals surface area contributed by atoms with Gasteiger partial charge in [0, 0.05) is 7.11 Å². The lowest BCUT2D eigenvalue weighted by Crippen LogP contribution is -2.06. The van der Waals surface area contributed by atoms with E-state index in [4.69, 9.17) is 9.47 Å². The molecule has 0 aromatic heterocycles. The molecule has 92 valence electrons. The zero-order chi connectivity index (χ0) is 12.2. The van der Waals surface area contributed by atoms with Crippen molar-refractivity contribution in [2.45, 2.75) is 33.1 Å². The van der Waals surface area contributed by atoms with E-state index in [1.54, 1.807) is 20.1 Å². The molecule has 0 rings (SSSR count). The number of hydrogen-bond donors (Lipinski definition) is 0. The Labute approximate surface area is 98.1 Å². The zero-order valence-electron chi connectivity index (χ0n) is 10.5. The number of unbranched alkanes of at least 4 members (excludes halogenated alkanes) is 2. The lowest BCUT2D eigenvalue weighted by atomic mass is 10.1. The lowest BCUT2D eigenvalue weighted by Gasteiger charge is -2.02. The molecule has 0 heterocycles. The first kappa shape index (κ1) is 14.9. The Morgan fingerprint density at radius 2 is 2.06 bits per heavy atom. The normalized spacial score (nSPS) is 12.1. The Kier molecular flexibility index (Phi) is 9.72. The van der Waals surface area contributed by atoms with Gasteiger partial charge in [0.05, 0.1) is 18.8 Å². The third kappa shape index (κ3) is 7.23. The molecule has 0 fully saturated rings. The molecule has 3 heteroatoms. The van der Waals surface area contributed by atoms with Crippen LogP contribution >= 0.6 is 0 Å². The van der Waals surface area contributed by atoms with Crippen molar-refractivity contribution in [2.24, 2.45) is 0 Å². The molecule has 0 aliphatic carbocycles. The van der Waals surface area contributed by atoms with Crippen LogP contribution in [0.2, 0.25) is 0 Å². The van der Waals surface area contributed by atoms with Crippen molar-refractivity contribution >= 4 is 5.97 Å². The predicted octanol–water partition coefficient (Wildman–Crippen LogP) is 2.87. The standard InChI is InChI=1S/C13H22O3/c1-4-6-7-9-12(10-8-11-15-3)13(14)16-5-2/h8-10H,4-7,11H2,1-3H3/b10-8+,12-9-. The van der Waals surface area contributed by atoms with Crippen molar-refractivity contribution < 1.29 is 14.3 Å². The molecule has 0 aliphatic heterocycles. The minimum absolute atomic E-state index is 0.258. The topological polar surface area (TPSA) is 35.5 Å². The number of carbonyl (C=O) groups is 1. The summed E-state index contributed by atoms with van der Waals surface area (Å²) in [6, 6.07) is 0. The SMILES string of the molecule is CCCC/C=C(/C=C/COC)C(=O)OCC. The lowest BCUT2D eigenvalue weighted by molar-refractivity contribution is -0.138. The molecule has 0 unspecified atom stereocenters. The Bertz CT molecular complexity index is 242. The molecule has 0 N–H and O–H groups in total. The maximum absolute atomic E-state index is 11.5. The summed E-state index contributed by atoms with van der Waals surface area (Å²) in [5.41, 5.74) is 0.618. The van der Waals surface area contributed by atoms with E-state index < -0.39 is 0 Å². The van der Waals surface area contributed by atoms with Crippen LogP contribution in [0.15, 0.2) is 23.8 Å². The second kappa shape index (κ2) is 10.4. The van der Waals surface area contributed by atoms with Gasteiger partial charge in [0.25, 0.3) is 0 Å². The molecule has 0 aliphatic rings. The first-order valence-electron chi connectivity index (χ1n) is 5.79. The highest BCUT2D eigenvalue weighted by molar-refractivity contribution is 5.91. The maximum atomic E-state index is 11.5. The summed E-state index contributed by atoms with van der Waals surface area (Å²) >= 11 is 0. The van der Waals surface area contributed by atoms with Crippen LogP contribution in [0.5, 0.6) is 0 Å². The van der Waals surface area contributed by atoms with Crippen LogP contribution in [0.25, 0.3) is 0 Å². The number of esters is 1. The van der Waals surface area contributed by atoms with Gasteiger partial charge in [-0.2, -0.15) is 0 Å². The highest BCUT2D eigenvalue weighted by Crippen LogP contribution is 2.05. The van der Waals surface area contributed by atoms with Crippen LogP contribution in [-0.2, 0) is 14.3 Å². The van der Waals surface area contributed by atoms with Gasteiger partial charge in [-0.25, -0.2) is 4.79 Å². The van der Waals surface area contributed by atoms with Crippen molar-refractivity contribution in [3.05, 3.63) is 23.8 Å². The first-order valence-corrected chi connectivity index (χ1v) is 5.79. The van der Waals surface area contributed by atoms with E-state index in [9.17, 15) is 4.79 Å². The number of rotatable bonds is 8. The number of carbonyl (C=O) groups excluding carboxylic acids is 1. The van der Waals surface area contributed by atoms with Crippen molar-refractivity contribution in [3.8, 4) is 0 Å². The molecule has 3 nitrogen and oxygen atoms in total. The number of hydrogen-bond acceptors (Lipinski definition) is 3. The maximum Gasteiger partial charge on any atom is 0.337 e. The van der Waals surface area contributed by atoms with Crippen molar-refractivity contribution in [1.29, 1.82) is 0 Å². The van der Waals surface area contributed by atoms with Crippen LogP contribution in [0.3, 0.4) is 0 Å². The van der Waals surface area contributed by atoms with Gasteiger partial charge in [0.2, 0.25) is 0 Å². The molecule has 0 aromatic carbocycles. The minimum atomic E-state index is -0.258. The largest absolute Gasteiger partial charge is 0.462 e. The zero-order valence-corrected chi connectivity index (χ0v) is 10.5. The average molecular weight is 226 g/mol. The predicted molar refractivity (Wildman–Crippen MR) is 65.3 cm³/mol. The first-order chi connectivity index (χ1) is 7.76. The molecule has 0 radical (unpaired) electrons. The summed E-state index contributed by atoms with van der Waals surface area (Å²) in [4.78, 5) is 11.5. The van der Waals surface area contributed by atoms with E-state index in [2.05, 4.69) is 6.92 Å². The van der Waals surface area contributed by atoms with Gasteiger partial charge in [-0.1, -0.05) is 31.9 Å². The highest BCUT2D eigenvalue weighted by atomic mass is 16.5. The quantitative estimate of drug-likeness (QED) is 0.276. The Hall–Kier alpha value is -1.09. The van der Waals surface area contributed by atoms with Crippen LogP contribution in [-0.4, -0.2) is 26.3 Å². The van der Waals surface area contributed by atoms with Gasteiger partial charge in [-0.05, 0) is 19.4 Å². The number of methoxy groups -OCH3 is 1. The second-order valence-corrected chi connectivity index (χ2v) is 3.38. The van der Waals surface area contributed by atoms with Gasteiger partial charge < -0.3 is 9.47 Å². The van der Waals surface area contributed by atoms with Crippen molar-refractivity contribution in [1.82, 2.24) is 0 Å². The van der Waals surface area contributed by atoms with Crippen LogP contribution in [0.1, 0.15) is 33.1 Å². The minimum Gasteiger partial charge on any atom is -0.462 e. The Morgan fingerprint density at radius 3 is 2.62 bits per heavy atom. The van der Waals surface area contributed by atoms with E-state index in [0.717, 1.165) is 19.3 Å². The molecule has 0 atom stereocenters. The third-order valence-corrected chi connectivity index (χ3v) is 1.99. The Morgan fingerprint density at radius 1 is 1.31 bits per heavy atom. The fourth-order valence-corrected chi connectivity index (χ4v) is 1.17. The van der Waals surface area contributed by atoms with Gasteiger partial charge >= 0.3 is 5.97 Å². The summed E-state index contributed by atoms with van der Waals surface area (Å²) in [5, 5.41) is 0. The van der Waals surface area contributed by atoms with E-state index in [-0.39, 0.29) is 5.97 Å². The van der Waals surface area contributed by atoms with Crippen LogP contribution in [0, 0.1) is 0 Å². The van der Waals surface area contributed by atoms with Crippen LogP contribution < -0.4 is 0 Å². The average Bonchev–Trinajstić information content (AvgIpc) is 2.28. The van der Waals surface area contributed by atoms with Crippen molar-refractivity contribution in [3.63, 3.8) is 0 Å². The van der Waals surface area contributed by atoms with E-state index >= 15 is 0 Å². The molecule has 0 amide bonds. The molecule has 0 saturated heterocycles. The second-order valence-electron chi connectivity index (χ2n) is 3.38. The molecule has 0 bridgehead atoms. The smallest absolute Gasteiger partial charge is 0.337 e. The van der Waals surface area contributed by atoms with E-state index in [0.29, 0.717) is 18.8 Å². The summed E-state index contributed by atoms with van der Waals surface area (Å²) in [6.07, 6.45) is 8.61. The third-order valence-electron chi connectivity index (χ3n) is 1.99. The molecule has 0 saturated carbocycles. The fraction of sp³-hybridized carbons (Fsp3) is 0.615. The summed E-state index contributed by atoms with van der Waals surface area (Å²) < 4.78 is 9.86. The monoisotopic (exact) mass is 226 g/mol. The summed E-state index contributed by atoms with van der Waals surface area (Å²) in [5.74, 6) is -0.258. The fourth-order valence-electron chi connectivity index (χ4n) is 1.17. The van der Waals surface area contributed by atoms with E-state index in [1.807, 2.05) is 12.2 Å². The molecule has 0 spiro atoms. The highest BCUT2D eigenvalue weighted by Gasteiger charge is 2.05. The molecule has 0 aromatic rings. The molecular formula is C13H22O3. The van der Waals surface area contributed by atoms with Gasteiger partial charge in [-0.3, -0.25) is 0 Å².